The van der Waals surface area contributed by atoms with Crippen molar-refractivity contribution in [3.63, 3.8) is 0 Å². The van der Waals surface area contributed by atoms with Crippen LogP contribution in [-0.2, 0) is 0 Å². The van der Waals surface area contributed by atoms with Gasteiger partial charge in [0.25, 0.3) is 0 Å². The van der Waals surface area contributed by atoms with E-state index in [9.17, 15) is 0 Å². The highest BCUT2D eigenvalue weighted by atomic mass is 79.9. The summed E-state index contributed by atoms with van der Waals surface area (Å²) in [5.74, 6) is 0. The Morgan fingerprint density at radius 2 is 2.19 bits per heavy atom. The molecule has 1 heterocycles. The molecule has 0 aliphatic rings. The molecule has 0 amide bonds. The fourth-order valence-electron chi connectivity index (χ4n) is 1.61. The molecule has 1 N–H and O–H groups in total. The molecule has 0 spiro atoms. The van der Waals surface area contributed by atoms with Crippen molar-refractivity contribution >= 4 is 15.9 Å². The molecule has 0 aliphatic heterocycles. The minimum absolute atomic E-state index is 0.279. The van der Waals surface area contributed by atoms with Crippen molar-refractivity contribution in [1.82, 2.24) is 15.1 Å². The fourth-order valence-corrected chi connectivity index (χ4v) is 2.00. The van der Waals surface area contributed by atoms with Crippen molar-refractivity contribution < 1.29 is 0 Å². The van der Waals surface area contributed by atoms with Gasteiger partial charge in [0.05, 0.1) is 11.4 Å². The molecule has 0 fully saturated rings. The Kier molecular flexibility index (Phi) is 3.41. The third kappa shape index (κ3) is 2.18. The smallest absolute Gasteiger partial charge is 0.0660 e. The minimum Gasteiger partial charge on any atom is -0.312 e. The molecule has 1 aromatic heterocycles. The minimum atomic E-state index is 0.279. The lowest BCUT2D eigenvalue weighted by Gasteiger charge is -2.13. The summed E-state index contributed by atoms with van der Waals surface area (Å²) in [7, 11) is 1.95. The molecule has 2 rings (SSSR count). The highest BCUT2D eigenvalue weighted by molar-refractivity contribution is 9.10. The monoisotopic (exact) mass is 279 g/mol. The topological polar surface area (TPSA) is 29.9 Å². The summed E-state index contributed by atoms with van der Waals surface area (Å²) in [4.78, 5) is 0. The molecule has 0 bridgehead atoms. The molecule has 1 aromatic carbocycles. The molecule has 0 saturated heterocycles. The van der Waals surface area contributed by atoms with Gasteiger partial charge in [0, 0.05) is 16.7 Å². The van der Waals surface area contributed by atoms with E-state index >= 15 is 0 Å². The second-order valence-corrected chi connectivity index (χ2v) is 4.57. The van der Waals surface area contributed by atoms with E-state index in [0.717, 1.165) is 15.9 Å². The van der Waals surface area contributed by atoms with E-state index < -0.39 is 0 Å². The number of halogens is 1. The van der Waals surface area contributed by atoms with Crippen LogP contribution in [0.1, 0.15) is 18.7 Å². The third-order valence-electron chi connectivity index (χ3n) is 2.60. The molecular weight excluding hydrogens is 266 g/mol. The molecule has 0 aliphatic carbocycles. The second kappa shape index (κ2) is 4.80. The average molecular weight is 280 g/mol. The highest BCUT2D eigenvalue weighted by Gasteiger charge is 2.10. The lowest BCUT2D eigenvalue weighted by atomic mass is 10.2. The van der Waals surface area contributed by atoms with Gasteiger partial charge in [-0.25, -0.2) is 4.68 Å². The van der Waals surface area contributed by atoms with Gasteiger partial charge in [0.2, 0.25) is 0 Å². The highest BCUT2D eigenvalue weighted by Crippen LogP contribution is 2.19. The van der Waals surface area contributed by atoms with Gasteiger partial charge in [0.1, 0.15) is 0 Å². The molecule has 0 saturated carbocycles. The molecule has 84 valence electrons. The van der Waals surface area contributed by atoms with Gasteiger partial charge in [-0.15, -0.1) is 0 Å². The maximum absolute atomic E-state index is 4.35. The number of hydrogen-bond acceptors (Lipinski definition) is 2. The van der Waals surface area contributed by atoms with Gasteiger partial charge in [-0.3, -0.25) is 0 Å². The number of nitrogens with one attached hydrogen (secondary N) is 1. The summed E-state index contributed by atoms with van der Waals surface area (Å²) >= 11 is 3.47. The van der Waals surface area contributed by atoms with E-state index in [2.05, 4.69) is 39.3 Å². The Labute approximate surface area is 104 Å². The molecule has 1 atom stereocenters. The first kappa shape index (κ1) is 11.4. The lowest BCUT2D eigenvalue weighted by Crippen LogP contribution is -2.16. The summed E-state index contributed by atoms with van der Waals surface area (Å²) in [6.07, 6.45) is 1.82. The van der Waals surface area contributed by atoms with Crippen molar-refractivity contribution in [2.45, 2.75) is 13.0 Å². The lowest BCUT2D eigenvalue weighted by molar-refractivity contribution is 0.605. The van der Waals surface area contributed by atoms with Crippen molar-refractivity contribution in [2.75, 3.05) is 7.05 Å². The molecule has 16 heavy (non-hydrogen) atoms. The van der Waals surface area contributed by atoms with Crippen LogP contribution in [0.4, 0.5) is 0 Å². The SMILES string of the molecule is CNC(C)c1ccnn1-c1cccc(Br)c1. The van der Waals surface area contributed by atoms with Crippen LogP contribution in [0.2, 0.25) is 0 Å². The maximum Gasteiger partial charge on any atom is 0.0660 e. The Hall–Kier alpha value is -1.13. The Morgan fingerprint density at radius 3 is 2.88 bits per heavy atom. The standard InChI is InChI=1S/C12H14BrN3/c1-9(14-2)12-6-7-15-16(12)11-5-3-4-10(13)8-11/h3-9,14H,1-2H3. The van der Waals surface area contributed by atoms with Crippen LogP contribution >= 0.6 is 15.9 Å². The van der Waals surface area contributed by atoms with E-state index in [-0.39, 0.29) is 6.04 Å². The number of aromatic nitrogens is 2. The fraction of sp³-hybridized carbons (Fsp3) is 0.250. The molecular formula is C12H14BrN3. The normalized spacial score (nSPS) is 12.7. The molecule has 4 heteroatoms. The molecule has 1 unspecified atom stereocenters. The van der Waals surface area contributed by atoms with Crippen molar-refractivity contribution in [3.05, 3.63) is 46.7 Å². The van der Waals surface area contributed by atoms with Gasteiger partial charge >= 0.3 is 0 Å². The first-order chi connectivity index (χ1) is 7.72. The first-order valence-corrected chi connectivity index (χ1v) is 5.99. The van der Waals surface area contributed by atoms with E-state index in [1.165, 1.54) is 0 Å². The van der Waals surface area contributed by atoms with E-state index in [4.69, 9.17) is 0 Å². The van der Waals surface area contributed by atoms with Crippen molar-refractivity contribution in [1.29, 1.82) is 0 Å². The Bertz CT molecular complexity index is 479. The Balaban J connectivity index is 2.44. The van der Waals surface area contributed by atoms with Gasteiger partial charge in [-0.1, -0.05) is 22.0 Å². The van der Waals surface area contributed by atoms with Gasteiger partial charge in [-0.2, -0.15) is 5.10 Å². The second-order valence-electron chi connectivity index (χ2n) is 3.66. The average Bonchev–Trinajstić information content (AvgIpc) is 2.77. The number of rotatable bonds is 3. The van der Waals surface area contributed by atoms with Crippen LogP contribution in [0.3, 0.4) is 0 Å². The van der Waals surface area contributed by atoms with Crippen LogP contribution in [-0.4, -0.2) is 16.8 Å². The predicted molar refractivity (Wildman–Crippen MR) is 68.7 cm³/mol. The third-order valence-corrected chi connectivity index (χ3v) is 3.09. The van der Waals surface area contributed by atoms with Crippen molar-refractivity contribution in [3.8, 4) is 5.69 Å². The maximum atomic E-state index is 4.35. The Morgan fingerprint density at radius 1 is 1.38 bits per heavy atom. The predicted octanol–water partition coefficient (Wildman–Crippen LogP) is 2.92. The van der Waals surface area contributed by atoms with Crippen LogP contribution in [0.15, 0.2) is 41.0 Å². The zero-order chi connectivity index (χ0) is 11.5. The zero-order valence-electron chi connectivity index (χ0n) is 9.31. The van der Waals surface area contributed by atoms with Crippen LogP contribution in [0.5, 0.6) is 0 Å². The van der Waals surface area contributed by atoms with E-state index in [1.807, 2.05) is 42.2 Å². The summed E-state index contributed by atoms with van der Waals surface area (Å²) in [6, 6.07) is 10.4. The van der Waals surface area contributed by atoms with Gasteiger partial charge < -0.3 is 5.32 Å². The van der Waals surface area contributed by atoms with Crippen molar-refractivity contribution in [2.24, 2.45) is 0 Å². The first-order valence-electron chi connectivity index (χ1n) is 5.19. The number of nitrogens with zero attached hydrogens (tertiary/aromatic N) is 2. The molecule has 3 nitrogen and oxygen atoms in total. The summed E-state index contributed by atoms with van der Waals surface area (Å²) in [5, 5.41) is 7.57. The van der Waals surface area contributed by atoms with E-state index in [0.29, 0.717) is 0 Å². The summed E-state index contributed by atoms with van der Waals surface area (Å²) in [5.41, 5.74) is 2.22. The summed E-state index contributed by atoms with van der Waals surface area (Å²) < 4.78 is 3.01. The van der Waals surface area contributed by atoms with Crippen LogP contribution in [0.25, 0.3) is 5.69 Å². The van der Waals surface area contributed by atoms with E-state index in [1.54, 1.807) is 0 Å². The quantitative estimate of drug-likeness (QED) is 0.936. The van der Waals surface area contributed by atoms with Crippen LogP contribution in [0, 0.1) is 0 Å². The van der Waals surface area contributed by atoms with Crippen LogP contribution < -0.4 is 5.32 Å². The van der Waals surface area contributed by atoms with Gasteiger partial charge in [0.15, 0.2) is 0 Å². The molecule has 2 aromatic rings. The summed E-state index contributed by atoms with van der Waals surface area (Å²) in [6.45, 7) is 2.12. The molecule has 0 radical (unpaired) electrons. The number of benzene rings is 1. The zero-order valence-corrected chi connectivity index (χ0v) is 10.9. The number of hydrogen-bond donors (Lipinski definition) is 1. The van der Waals surface area contributed by atoms with Gasteiger partial charge in [-0.05, 0) is 38.2 Å². The largest absolute Gasteiger partial charge is 0.312 e.